The number of amides is 2. The number of alkyl halides is 3. The fraction of sp³-hybridized carbons (Fsp3) is 0.438. The molecule has 1 aliphatic rings. The van der Waals surface area contributed by atoms with Crippen molar-refractivity contribution in [1.82, 2.24) is 5.32 Å². The molecule has 0 bridgehead atoms. The molecule has 1 fully saturated rings. The van der Waals surface area contributed by atoms with Gasteiger partial charge in [0.1, 0.15) is 11.8 Å². The summed E-state index contributed by atoms with van der Waals surface area (Å²) < 4.78 is 38.1. The maximum Gasteiger partial charge on any atom is 0.416 e. The lowest BCUT2D eigenvalue weighted by Gasteiger charge is -2.28. The fourth-order valence-corrected chi connectivity index (χ4v) is 2.83. The van der Waals surface area contributed by atoms with E-state index in [0.717, 1.165) is 12.1 Å². The Bertz CT molecular complexity index is 658. The zero-order valence-electron chi connectivity index (χ0n) is 12.7. The smallest absolute Gasteiger partial charge is 0.368 e. The summed E-state index contributed by atoms with van der Waals surface area (Å²) in [5.41, 5.74) is 4.11. The number of rotatable bonds is 4. The van der Waals surface area contributed by atoms with Crippen molar-refractivity contribution in [3.8, 4) is 0 Å². The van der Waals surface area contributed by atoms with Crippen molar-refractivity contribution in [3.63, 3.8) is 0 Å². The molecule has 0 radical (unpaired) electrons. The predicted molar refractivity (Wildman–Crippen MR) is 78.9 cm³/mol. The van der Waals surface area contributed by atoms with Gasteiger partial charge in [-0.25, -0.2) is 0 Å². The number of benzene rings is 1. The topological polar surface area (TPSA) is 89.3 Å². The van der Waals surface area contributed by atoms with Gasteiger partial charge >= 0.3 is 6.18 Å². The Hall–Kier alpha value is -2.38. The summed E-state index contributed by atoms with van der Waals surface area (Å²) in [5.74, 6) is -2.10. The average molecular weight is 342 g/mol. The van der Waals surface area contributed by atoms with Gasteiger partial charge < -0.3 is 11.1 Å². The maximum absolute atomic E-state index is 12.7. The Morgan fingerprint density at radius 2 is 2.00 bits per heavy atom. The van der Waals surface area contributed by atoms with Crippen LogP contribution in [0.5, 0.6) is 0 Å². The summed E-state index contributed by atoms with van der Waals surface area (Å²) in [4.78, 5) is 35.3. The Kier molecular flexibility index (Phi) is 5.26. The molecule has 24 heavy (non-hydrogen) atoms. The molecule has 0 unspecified atom stereocenters. The van der Waals surface area contributed by atoms with Gasteiger partial charge in [0.15, 0.2) is 0 Å². The second-order valence-corrected chi connectivity index (χ2v) is 5.83. The third kappa shape index (κ3) is 4.33. The van der Waals surface area contributed by atoms with Crippen molar-refractivity contribution >= 4 is 17.6 Å². The van der Waals surface area contributed by atoms with Gasteiger partial charge in [0.25, 0.3) is 5.91 Å². The molecule has 0 saturated heterocycles. The molecule has 2 rings (SSSR count). The highest BCUT2D eigenvalue weighted by Gasteiger charge is 2.34. The fourth-order valence-electron chi connectivity index (χ4n) is 2.83. The highest BCUT2D eigenvalue weighted by Crippen LogP contribution is 2.30. The van der Waals surface area contributed by atoms with Crippen LogP contribution in [-0.2, 0) is 15.8 Å². The van der Waals surface area contributed by atoms with Crippen molar-refractivity contribution < 1.29 is 27.6 Å². The minimum atomic E-state index is -4.57. The highest BCUT2D eigenvalue weighted by atomic mass is 19.4. The zero-order chi connectivity index (χ0) is 17.9. The van der Waals surface area contributed by atoms with Crippen LogP contribution in [0, 0.1) is 5.92 Å². The molecule has 2 atom stereocenters. The number of ketones is 1. The van der Waals surface area contributed by atoms with Crippen molar-refractivity contribution in [3.05, 3.63) is 35.4 Å². The van der Waals surface area contributed by atoms with Crippen molar-refractivity contribution in [1.29, 1.82) is 0 Å². The molecular formula is C16H17F3N2O3. The number of hydrogen-bond donors (Lipinski definition) is 2. The molecule has 130 valence electrons. The largest absolute Gasteiger partial charge is 0.416 e. The van der Waals surface area contributed by atoms with Crippen molar-refractivity contribution in [2.24, 2.45) is 11.7 Å². The average Bonchev–Trinajstić information content (AvgIpc) is 2.51. The Balaban J connectivity index is 2.16. The Morgan fingerprint density at radius 1 is 1.29 bits per heavy atom. The first-order chi connectivity index (χ1) is 11.2. The molecule has 2 amide bonds. The summed E-state index contributed by atoms with van der Waals surface area (Å²) in [5, 5.41) is 2.37. The van der Waals surface area contributed by atoms with E-state index in [1.807, 2.05) is 0 Å². The number of hydrogen-bond acceptors (Lipinski definition) is 3. The van der Waals surface area contributed by atoms with E-state index in [9.17, 15) is 27.6 Å². The van der Waals surface area contributed by atoms with E-state index in [0.29, 0.717) is 25.3 Å². The van der Waals surface area contributed by atoms with E-state index in [2.05, 4.69) is 5.32 Å². The summed E-state index contributed by atoms with van der Waals surface area (Å²) in [6.45, 7) is 0. The molecule has 0 aromatic heterocycles. The van der Waals surface area contributed by atoms with Crippen LogP contribution in [-0.4, -0.2) is 23.6 Å². The van der Waals surface area contributed by atoms with E-state index < -0.39 is 35.5 Å². The lowest BCUT2D eigenvalue weighted by Crippen LogP contribution is -2.50. The van der Waals surface area contributed by atoms with Gasteiger partial charge in [-0.2, -0.15) is 13.2 Å². The SMILES string of the molecule is NC(=O)[C@@H](NC(=O)c1cccc(C(F)(F)F)c1)[C@@H]1CCCC(=O)C1. The van der Waals surface area contributed by atoms with Crippen LogP contribution >= 0.6 is 0 Å². The quantitative estimate of drug-likeness (QED) is 0.877. The number of halogens is 3. The van der Waals surface area contributed by atoms with Gasteiger partial charge in [-0.1, -0.05) is 6.07 Å². The lowest BCUT2D eigenvalue weighted by atomic mass is 9.82. The minimum Gasteiger partial charge on any atom is -0.368 e. The van der Waals surface area contributed by atoms with Crippen LogP contribution in [0.15, 0.2) is 24.3 Å². The molecule has 1 aromatic rings. The maximum atomic E-state index is 12.7. The molecular weight excluding hydrogens is 325 g/mol. The third-order valence-corrected chi connectivity index (χ3v) is 4.04. The monoisotopic (exact) mass is 342 g/mol. The van der Waals surface area contributed by atoms with Crippen LogP contribution in [0.3, 0.4) is 0 Å². The van der Waals surface area contributed by atoms with Gasteiger partial charge in [0.05, 0.1) is 5.56 Å². The van der Waals surface area contributed by atoms with Gasteiger partial charge in [0, 0.05) is 18.4 Å². The normalized spacial score (nSPS) is 19.6. The third-order valence-electron chi connectivity index (χ3n) is 4.04. The number of carbonyl (C=O) groups is 3. The van der Waals surface area contributed by atoms with E-state index in [4.69, 9.17) is 5.73 Å². The molecule has 5 nitrogen and oxygen atoms in total. The van der Waals surface area contributed by atoms with Crippen LogP contribution in [0.1, 0.15) is 41.6 Å². The molecule has 3 N–H and O–H groups in total. The van der Waals surface area contributed by atoms with Crippen LogP contribution in [0.2, 0.25) is 0 Å². The second kappa shape index (κ2) is 7.02. The van der Waals surface area contributed by atoms with Gasteiger partial charge in [-0.3, -0.25) is 14.4 Å². The van der Waals surface area contributed by atoms with Crippen LogP contribution < -0.4 is 11.1 Å². The van der Waals surface area contributed by atoms with Gasteiger partial charge in [-0.05, 0) is 37.0 Å². The number of nitrogens with one attached hydrogen (secondary N) is 1. The summed E-state index contributed by atoms with van der Waals surface area (Å²) in [6, 6.07) is 2.80. The van der Waals surface area contributed by atoms with E-state index >= 15 is 0 Å². The first-order valence-electron chi connectivity index (χ1n) is 7.47. The van der Waals surface area contributed by atoms with Crippen molar-refractivity contribution in [2.45, 2.75) is 37.9 Å². The molecule has 0 spiro atoms. The first kappa shape index (κ1) is 18.0. The highest BCUT2D eigenvalue weighted by molar-refractivity contribution is 5.97. The summed E-state index contributed by atoms with van der Waals surface area (Å²) >= 11 is 0. The predicted octanol–water partition coefficient (Wildman–Crippen LogP) is 2.05. The van der Waals surface area contributed by atoms with Gasteiger partial charge in [0.2, 0.25) is 5.91 Å². The molecule has 8 heteroatoms. The summed E-state index contributed by atoms with van der Waals surface area (Å²) in [6.07, 6.45) is -2.90. The molecule has 1 aromatic carbocycles. The Labute approximate surface area is 136 Å². The number of carbonyl (C=O) groups excluding carboxylic acids is 3. The number of nitrogens with two attached hydrogens (primary N) is 1. The van der Waals surface area contributed by atoms with E-state index in [1.54, 1.807) is 0 Å². The van der Waals surface area contributed by atoms with Crippen LogP contribution in [0.25, 0.3) is 0 Å². The molecule has 1 aliphatic carbocycles. The van der Waals surface area contributed by atoms with E-state index in [-0.39, 0.29) is 17.8 Å². The lowest BCUT2D eigenvalue weighted by molar-refractivity contribution is -0.137. The molecule has 0 heterocycles. The first-order valence-corrected chi connectivity index (χ1v) is 7.47. The standard InChI is InChI=1S/C16H17F3N2O3/c17-16(18,19)11-5-1-4-10(7-11)15(24)21-13(14(20)23)9-3-2-6-12(22)8-9/h1,4-5,7,9,13H,2-3,6,8H2,(H2,20,23)(H,21,24)/t9-,13+/m1/s1. The number of Topliss-reactive ketones (excluding diaryl/α,β-unsaturated/α-hetero) is 1. The zero-order valence-corrected chi connectivity index (χ0v) is 12.7. The van der Waals surface area contributed by atoms with Crippen molar-refractivity contribution in [2.75, 3.05) is 0 Å². The summed E-state index contributed by atoms with van der Waals surface area (Å²) in [7, 11) is 0. The minimum absolute atomic E-state index is 0.0224. The van der Waals surface area contributed by atoms with Crippen LogP contribution in [0.4, 0.5) is 13.2 Å². The second-order valence-electron chi connectivity index (χ2n) is 5.83. The number of primary amides is 1. The Morgan fingerprint density at radius 3 is 2.58 bits per heavy atom. The van der Waals surface area contributed by atoms with Gasteiger partial charge in [-0.15, -0.1) is 0 Å². The molecule has 0 aliphatic heterocycles. The molecule has 1 saturated carbocycles. The van der Waals surface area contributed by atoms with E-state index in [1.165, 1.54) is 6.07 Å².